The molecule has 6 nitrogen and oxygen atoms in total. The van der Waals surface area contributed by atoms with Crippen LogP contribution in [0.5, 0.6) is 0 Å². The molecule has 126 valence electrons. The van der Waals surface area contributed by atoms with Crippen LogP contribution in [0.3, 0.4) is 0 Å². The molecular weight excluding hydrogens is 326 g/mol. The van der Waals surface area contributed by atoms with Crippen LogP contribution < -0.4 is 15.5 Å². The average Bonchev–Trinajstić information content (AvgIpc) is 3.22. The van der Waals surface area contributed by atoms with Gasteiger partial charge in [0.1, 0.15) is 6.10 Å². The molecular formula is C17H19N3O3S. The van der Waals surface area contributed by atoms with E-state index in [2.05, 4.69) is 10.6 Å². The number of thiophene rings is 1. The van der Waals surface area contributed by atoms with Crippen molar-refractivity contribution in [1.82, 2.24) is 5.32 Å². The van der Waals surface area contributed by atoms with E-state index in [1.54, 1.807) is 11.0 Å². The quantitative estimate of drug-likeness (QED) is 0.874. The zero-order valence-corrected chi connectivity index (χ0v) is 14.4. The molecule has 0 unspecified atom stereocenters. The lowest BCUT2D eigenvalue weighted by molar-refractivity contribution is 0.0920. The summed E-state index contributed by atoms with van der Waals surface area (Å²) < 4.78 is 5.35. The van der Waals surface area contributed by atoms with Crippen LogP contribution in [0.1, 0.15) is 15.2 Å². The van der Waals surface area contributed by atoms with Gasteiger partial charge >= 0.3 is 6.09 Å². The average molecular weight is 345 g/mol. The number of rotatable bonds is 5. The summed E-state index contributed by atoms with van der Waals surface area (Å²) in [5.74, 6) is -0.145. The Morgan fingerprint density at radius 3 is 2.92 bits per heavy atom. The van der Waals surface area contributed by atoms with Crippen LogP contribution in [-0.4, -0.2) is 38.2 Å². The van der Waals surface area contributed by atoms with E-state index in [1.807, 2.05) is 43.6 Å². The number of carbonyl (C=O) groups is 2. The second kappa shape index (κ2) is 6.92. The van der Waals surface area contributed by atoms with E-state index in [0.717, 1.165) is 16.9 Å². The summed E-state index contributed by atoms with van der Waals surface area (Å²) in [6.07, 6.45) is -0.743. The van der Waals surface area contributed by atoms with E-state index in [4.69, 9.17) is 4.74 Å². The lowest BCUT2D eigenvalue weighted by Gasteiger charge is -2.15. The maximum Gasteiger partial charge on any atom is 0.414 e. The monoisotopic (exact) mass is 345 g/mol. The molecule has 24 heavy (non-hydrogen) atoms. The van der Waals surface area contributed by atoms with Crippen molar-refractivity contribution in [2.75, 3.05) is 30.4 Å². The third-order valence-corrected chi connectivity index (χ3v) is 4.77. The summed E-state index contributed by atoms with van der Waals surface area (Å²) in [5, 5.41) is 7.76. The Balaban J connectivity index is 1.61. The first-order valence-electron chi connectivity index (χ1n) is 7.66. The molecule has 1 aromatic carbocycles. The highest BCUT2D eigenvalue weighted by atomic mass is 32.1. The SMILES string of the molecule is CNc1ccc(N2C[C@H](CNC(=O)c3cccs3)OC2=O)cc1C. The number of nitrogens with one attached hydrogen (secondary N) is 2. The third-order valence-electron chi connectivity index (χ3n) is 3.90. The highest BCUT2D eigenvalue weighted by Crippen LogP contribution is 2.26. The van der Waals surface area contributed by atoms with Gasteiger partial charge in [-0.3, -0.25) is 9.69 Å². The van der Waals surface area contributed by atoms with Crippen molar-refractivity contribution in [2.45, 2.75) is 13.0 Å². The summed E-state index contributed by atoms with van der Waals surface area (Å²) in [4.78, 5) is 26.3. The van der Waals surface area contributed by atoms with Crippen molar-refractivity contribution in [3.63, 3.8) is 0 Å². The van der Waals surface area contributed by atoms with Crippen LogP contribution in [0.25, 0.3) is 0 Å². The molecule has 1 fully saturated rings. The van der Waals surface area contributed by atoms with Crippen molar-refractivity contribution >= 4 is 34.7 Å². The van der Waals surface area contributed by atoms with Crippen LogP contribution in [0.2, 0.25) is 0 Å². The minimum atomic E-state index is -0.387. The molecule has 2 aromatic rings. The van der Waals surface area contributed by atoms with Gasteiger partial charge in [-0.15, -0.1) is 11.3 Å². The highest BCUT2D eigenvalue weighted by Gasteiger charge is 2.32. The lowest BCUT2D eigenvalue weighted by atomic mass is 10.1. The number of cyclic esters (lactones) is 1. The van der Waals surface area contributed by atoms with Gasteiger partial charge in [0.2, 0.25) is 0 Å². The Hall–Kier alpha value is -2.54. The second-order valence-electron chi connectivity index (χ2n) is 5.55. The molecule has 0 radical (unpaired) electrons. The minimum Gasteiger partial charge on any atom is -0.442 e. The number of hydrogen-bond acceptors (Lipinski definition) is 5. The first kappa shape index (κ1) is 16.3. The highest BCUT2D eigenvalue weighted by molar-refractivity contribution is 7.12. The van der Waals surface area contributed by atoms with Gasteiger partial charge in [-0.1, -0.05) is 6.07 Å². The molecule has 2 amide bonds. The molecule has 0 saturated carbocycles. The van der Waals surface area contributed by atoms with Crippen LogP contribution in [0.4, 0.5) is 16.2 Å². The summed E-state index contributed by atoms with van der Waals surface area (Å²) >= 11 is 1.38. The fraction of sp³-hybridized carbons (Fsp3) is 0.294. The fourth-order valence-corrected chi connectivity index (χ4v) is 3.28. The normalized spacial score (nSPS) is 16.8. The Kier molecular flexibility index (Phi) is 4.71. The summed E-state index contributed by atoms with van der Waals surface area (Å²) in [6, 6.07) is 9.35. The van der Waals surface area contributed by atoms with Crippen LogP contribution in [-0.2, 0) is 4.74 Å². The number of amides is 2. The van der Waals surface area contributed by atoms with E-state index in [9.17, 15) is 9.59 Å². The van der Waals surface area contributed by atoms with Gasteiger partial charge in [-0.05, 0) is 42.1 Å². The zero-order valence-electron chi connectivity index (χ0n) is 13.5. The van der Waals surface area contributed by atoms with Gasteiger partial charge in [-0.2, -0.15) is 0 Å². The molecule has 1 atom stereocenters. The summed E-state index contributed by atoms with van der Waals surface area (Å²) in [6.45, 7) is 2.70. The Bertz CT molecular complexity index is 746. The number of benzene rings is 1. The van der Waals surface area contributed by atoms with Crippen molar-refractivity contribution in [2.24, 2.45) is 0 Å². The molecule has 2 heterocycles. The van der Waals surface area contributed by atoms with Crippen LogP contribution >= 0.6 is 11.3 Å². The van der Waals surface area contributed by atoms with Crippen LogP contribution in [0, 0.1) is 6.92 Å². The van der Waals surface area contributed by atoms with Crippen molar-refractivity contribution in [1.29, 1.82) is 0 Å². The standard InChI is InChI=1S/C17H19N3O3S/c1-11-8-12(5-6-14(11)18-2)20-10-13(23-17(20)22)9-19-16(21)15-4-3-7-24-15/h3-8,13,18H,9-10H2,1-2H3,(H,19,21)/t13-/m0/s1. The number of ether oxygens (including phenoxy) is 1. The molecule has 7 heteroatoms. The number of aryl methyl sites for hydroxylation is 1. The topological polar surface area (TPSA) is 70.7 Å². The molecule has 2 N–H and O–H groups in total. The molecule has 0 spiro atoms. The minimum absolute atomic E-state index is 0.145. The molecule has 3 rings (SSSR count). The molecule has 1 aliphatic rings. The Morgan fingerprint density at radius 2 is 2.25 bits per heavy atom. The molecule has 1 aliphatic heterocycles. The van der Waals surface area contributed by atoms with E-state index < -0.39 is 0 Å². The molecule has 1 saturated heterocycles. The largest absolute Gasteiger partial charge is 0.442 e. The zero-order chi connectivity index (χ0) is 17.1. The smallest absolute Gasteiger partial charge is 0.414 e. The van der Waals surface area contributed by atoms with Gasteiger partial charge in [0.25, 0.3) is 5.91 Å². The molecule has 1 aromatic heterocycles. The second-order valence-corrected chi connectivity index (χ2v) is 6.50. The van der Waals surface area contributed by atoms with Gasteiger partial charge in [-0.25, -0.2) is 4.79 Å². The fourth-order valence-electron chi connectivity index (χ4n) is 2.64. The van der Waals surface area contributed by atoms with E-state index in [0.29, 0.717) is 18.0 Å². The predicted octanol–water partition coefficient (Wildman–Crippen LogP) is 2.85. The van der Waals surface area contributed by atoms with E-state index in [1.165, 1.54) is 11.3 Å². The molecule has 0 bridgehead atoms. The number of anilines is 2. The van der Waals surface area contributed by atoms with Crippen molar-refractivity contribution in [3.05, 3.63) is 46.2 Å². The van der Waals surface area contributed by atoms with Gasteiger partial charge in [0.15, 0.2) is 0 Å². The van der Waals surface area contributed by atoms with Crippen molar-refractivity contribution in [3.8, 4) is 0 Å². The predicted molar refractivity (Wildman–Crippen MR) is 95.0 cm³/mol. The maximum atomic E-state index is 12.1. The third kappa shape index (κ3) is 3.35. The Morgan fingerprint density at radius 1 is 1.42 bits per heavy atom. The maximum absolute atomic E-state index is 12.1. The number of hydrogen-bond donors (Lipinski definition) is 2. The number of nitrogens with zero attached hydrogens (tertiary/aromatic N) is 1. The van der Waals surface area contributed by atoms with E-state index >= 15 is 0 Å². The van der Waals surface area contributed by atoms with E-state index in [-0.39, 0.29) is 18.1 Å². The van der Waals surface area contributed by atoms with Gasteiger partial charge in [0, 0.05) is 18.4 Å². The summed E-state index contributed by atoms with van der Waals surface area (Å²) in [7, 11) is 1.86. The lowest BCUT2D eigenvalue weighted by Crippen LogP contribution is -2.34. The summed E-state index contributed by atoms with van der Waals surface area (Å²) in [5.41, 5.74) is 2.87. The first-order valence-corrected chi connectivity index (χ1v) is 8.54. The van der Waals surface area contributed by atoms with Gasteiger partial charge < -0.3 is 15.4 Å². The van der Waals surface area contributed by atoms with Crippen LogP contribution in [0.15, 0.2) is 35.7 Å². The van der Waals surface area contributed by atoms with Crippen molar-refractivity contribution < 1.29 is 14.3 Å². The van der Waals surface area contributed by atoms with Gasteiger partial charge in [0.05, 0.1) is 18.0 Å². The first-order chi connectivity index (χ1) is 11.6. The molecule has 0 aliphatic carbocycles. The Labute approximate surface area is 144 Å². The number of carbonyl (C=O) groups excluding carboxylic acids is 2.